The van der Waals surface area contributed by atoms with Crippen molar-refractivity contribution in [2.45, 2.75) is 77.2 Å². The van der Waals surface area contributed by atoms with Gasteiger partial charge in [0, 0.05) is 17.4 Å². The summed E-state index contributed by atoms with van der Waals surface area (Å²) in [6, 6.07) is 0. The molecule has 2 rings (SSSR count). The number of oxazole rings is 1. The quantitative estimate of drug-likeness (QED) is 0.821. The van der Waals surface area contributed by atoms with Gasteiger partial charge in [-0.1, -0.05) is 19.8 Å². The molecule has 0 spiro atoms. The van der Waals surface area contributed by atoms with Gasteiger partial charge >= 0.3 is 0 Å². The van der Waals surface area contributed by atoms with Crippen molar-refractivity contribution in [2.75, 3.05) is 6.54 Å². The van der Waals surface area contributed by atoms with Crippen molar-refractivity contribution in [1.29, 1.82) is 0 Å². The molecule has 0 saturated heterocycles. The Hall–Kier alpha value is -0.830. The van der Waals surface area contributed by atoms with Crippen LogP contribution < -0.4 is 5.32 Å². The van der Waals surface area contributed by atoms with Gasteiger partial charge in [0.1, 0.15) is 5.76 Å². The second-order valence-electron chi connectivity index (χ2n) is 7.17. The molecule has 1 aromatic heterocycles. The number of aromatic nitrogens is 1. The highest BCUT2D eigenvalue weighted by Crippen LogP contribution is 2.40. The predicted molar refractivity (Wildman–Crippen MR) is 78.4 cm³/mol. The lowest BCUT2D eigenvalue weighted by Gasteiger charge is -2.20. The maximum atomic E-state index is 5.96. The van der Waals surface area contributed by atoms with Crippen LogP contribution in [0.2, 0.25) is 0 Å². The summed E-state index contributed by atoms with van der Waals surface area (Å²) in [5.74, 6) is 2.00. The summed E-state index contributed by atoms with van der Waals surface area (Å²) < 4.78 is 5.96. The molecule has 1 aliphatic rings. The zero-order valence-electron chi connectivity index (χ0n) is 12.9. The zero-order chi connectivity index (χ0) is 13.9. The van der Waals surface area contributed by atoms with E-state index in [2.05, 4.69) is 38.0 Å². The topological polar surface area (TPSA) is 38.1 Å². The van der Waals surface area contributed by atoms with Gasteiger partial charge in [-0.25, -0.2) is 4.98 Å². The molecule has 3 nitrogen and oxygen atoms in total. The average Bonchev–Trinajstić information content (AvgIpc) is 2.93. The Morgan fingerprint density at radius 3 is 2.63 bits per heavy atom. The molecular formula is C16H28N2O. The SMILES string of the molecule is CC(C)(C)NCCCc1ncc(C2(C)CCCC2)o1. The van der Waals surface area contributed by atoms with Crippen molar-refractivity contribution >= 4 is 0 Å². The van der Waals surface area contributed by atoms with Gasteiger partial charge in [0.25, 0.3) is 0 Å². The van der Waals surface area contributed by atoms with Gasteiger partial charge < -0.3 is 9.73 Å². The number of hydrogen-bond donors (Lipinski definition) is 1. The number of rotatable bonds is 5. The molecule has 19 heavy (non-hydrogen) atoms. The first-order chi connectivity index (χ1) is 8.89. The minimum absolute atomic E-state index is 0.194. The lowest BCUT2D eigenvalue weighted by Crippen LogP contribution is -2.36. The van der Waals surface area contributed by atoms with Crippen LogP contribution in [-0.4, -0.2) is 17.1 Å². The van der Waals surface area contributed by atoms with E-state index in [4.69, 9.17) is 4.42 Å². The highest BCUT2D eigenvalue weighted by atomic mass is 16.4. The first kappa shape index (κ1) is 14.6. The Morgan fingerprint density at radius 1 is 1.32 bits per heavy atom. The van der Waals surface area contributed by atoms with Crippen molar-refractivity contribution in [2.24, 2.45) is 0 Å². The molecular weight excluding hydrogens is 236 g/mol. The Balaban J connectivity index is 1.81. The van der Waals surface area contributed by atoms with E-state index in [9.17, 15) is 0 Å². The standard InChI is InChI=1S/C16H28N2O/c1-15(2,3)18-11-7-8-14-17-12-13(19-14)16(4)9-5-6-10-16/h12,18H,5-11H2,1-4H3. The number of nitrogens with zero attached hydrogens (tertiary/aromatic N) is 1. The smallest absolute Gasteiger partial charge is 0.194 e. The predicted octanol–water partition coefficient (Wildman–Crippen LogP) is 3.83. The lowest BCUT2D eigenvalue weighted by atomic mass is 9.87. The van der Waals surface area contributed by atoms with Gasteiger partial charge in [-0.3, -0.25) is 0 Å². The largest absolute Gasteiger partial charge is 0.445 e. The van der Waals surface area contributed by atoms with Crippen molar-refractivity contribution < 1.29 is 4.42 Å². The van der Waals surface area contributed by atoms with Crippen LogP contribution in [0.5, 0.6) is 0 Å². The second-order valence-corrected chi connectivity index (χ2v) is 7.17. The van der Waals surface area contributed by atoms with Crippen LogP contribution in [0.1, 0.15) is 71.5 Å². The number of nitrogens with one attached hydrogen (secondary N) is 1. The summed E-state index contributed by atoms with van der Waals surface area (Å²) in [7, 11) is 0. The van der Waals surface area contributed by atoms with Gasteiger partial charge in [0.2, 0.25) is 0 Å². The third-order valence-electron chi connectivity index (χ3n) is 4.08. The van der Waals surface area contributed by atoms with E-state index in [0.717, 1.165) is 31.0 Å². The van der Waals surface area contributed by atoms with E-state index in [1.807, 2.05) is 6.20 Å². The van der Waals surface area contributed by atoms with Crippen molar-refractivity contribution in [1.82, 2.24) is 10.3 Å². The Kier molecular flexibility index (Phi) is 4.34. The van der Waals surface area contributed by atoms with Crippen LogP contribution in [0.4, 0.5) is 0 Å². The summed E-state index contributed by atoms with van der Waals surface area (Å²) >= 11 is 0. The molecule has 0 bridgehead atoms. The Morgan fingerprint density at radius 2 is 2.00 bits per heavy atom. The fourth-order valence-corrected chi connectivity index (χ4v) is 2.81. The van der Waals surface area contributed by atoms with Gasteiger partial charge in [0.15, 0.2) is 5.89 Å². The Bertz CT molecular complexity index is 397. The molecule has 1 aromatic rings. The van der Waals surface area contributed by atoms with Crippen molar-refractivity contribution in [3.05, 3.63) is 17.8 Å². The summed E-state index contributed by atoms with van der Waals surface area (Å²) in [4.78, 5) is 4.45. The van der Waals surface area contributed by atoms with Crippen LogP contribution in [-0.2, 0) is 11.8 Å². The monoisotopic (exact) mass is 264 g/mol. The Labute approximate surface area is 117 Å². The number of aryl methyl sites for hydroxylation is 1. The summed E-state index contributed by atoms with van der Waals surface area (Å²) in [6.07, 6.45) is 9.09. The summed E-state index contributed by atoms with van der Waals surface area (Å²) in [6.45, 7) is 9.90. The maximum Gasteiger partial charge on any atom is 0.194 e. The normalized spacial score (nSPS) is 18.9. The molecule has 0 aromatic carbocycles. The summed E-state index contributed by atoms with van der Waals surface area (Å²) in [5.41, 5.74) is 0.438. The highest BCUT2D eigenvalue weighted by Gasteiger charge is 2.33. The molecule has 108 valence electrons. The summed E-state index contributed by atoms with van der Waals surface area (Å²) in [5, 5.41) is 3.49. The zero-order valence-corrected chi connectivity index (χ0v) is 12.9. The molecule has 1 aliphatic carbocycles. The molecule has 1 heterocycles. The van der Waals surface area contributed by atoms with Gasteiger partial charge in [-0.15, -0.1) is 0 Å². The fraction of sp³-hybridized carbons (Fsp3) is 0.812. The van der Waals surface area contributed by atoms with E-state index in [1.165, 1.54) is 25.7 Å². The highest BCUT2D eigenvalue weighted by molar-refractivity contribution is 5.11. The van der Waals surface area contributed by atoms with Gasteiger partial charge in [-0.05, 0) is 46.6 Å². The maximum absolute atomic E-state index is 5.96. The molecule has 0 aliphatic heterocycles. The third kappa shape index (κ3) is 4.07. The lowest BCUT2D eigenvalue weighted by molar-refractivity contribution is 0.343. The van der Waals surface area contributed by atoms with Crippen LogP contribution in [0.3, 0.4) is 0 Å². The van der Waals surface area contributed by atoms with E-state index in [1.54, 1.807) is 0 Å². The minimum atomic E-state index is 0.194. The fourth-order valence-electron chi connectivity index (χ4n) is 2.81. The number of hydrogen-bond acceptors (Lipinski definition) is 3. The third-order valence-corrected chi connectivity index (χ3v) is 4.08. The van der Waals surface area contributed by atoms with Crippen LogP contribution >= 0.6 is 0 Å². The average molecular weight is 264 g/mol. The molecule has 0 atom stereocenters. The van der Waals surface area contributed by atoms with Gasteiger partial charge in [0.05, 0.1) is 6.20 Å². The second kappa shape index (κ2) is 5.66. The van der Waals surface area contributed by atoms with Crippen molar-refractivity contribution in [3.8, 4) is 0 Å². The molecule has 0 amide bonds. The minimum Gasteiger partial charge on any atom is -0.445 e. The molecule has 0 unspecified atom stereocenters. The van der Waals surface area contributed by atoms with E-state index in [-0.39, 0.29) is 11.0 Å². The first-order valence-electron chi connectivity index (χ1n) is 7.59. The first-order valence-corrected chi connectivity index (χ1v) is 7.59. The molecule has 3 heteroatoms. The van der Waals surface area contributed by atoms with Crippen LogP contribution in [0.15, 0.2) is 10.6 Å². The van der Waals surface area contributed by atoms with Crippen molar-refractivity contribution in [3.63, 3.8) is 0 Å². The van der Waals surface area contributed by atoms with E-state index < -0.39 is 0 Å². The van der Waals surface area contributed by atoms with E-state index >= 15 is 0 Å². The molecule has 1 fully saturated rings. The van der Waals surface area contributed by atoms with Gasteiger partial charge in [-0.2, -0.15) is 0 Å². The molecule has 1 N–H and O–H groups in total. The molecule has 1 saturated carbocycles. The molecule has 0 radical (unpaired) electrons. The van der Waals surface area contributed by atoms with Crippen LogP contribution in [0.25, 0.3) is 0 Å². The van der Waals surface area contributed by atoms with E-state index in [0.29, 0.717) is 0 Å². The van der Waals surface area contributed by atoms with Crippen LogP contribution in [0, 0.1) is 0 Å².